The first-order valence-corrected chi connectivity index (χ1v) is 6.97. The molecular formula is C12H20ClN5O. The minimum Gasteiger partial charge on any atom is -0.379 e. The van der Waals surface area contributed by atoms with E-state index in [9.17, 15) is 0 Å². The van der Waals surface area contributed by atoms with Crippen LogP contribution in [0.4, 0.5) is 11.8 Å². The first-order chi connectivity index (χ1) is 9.29. The number of hydrogen-bond donors (Lipinski definition) is 2. The lowest BCUT2D eigenvalue weighted by Crippen LogP contribution is -2.39. The summed E-state index contributed by atoms with van der Waals surface area (Å²) < 4.78 is 5.31. The van der Waals surface area contributed by atoms with E-state index in [-0.39, 0.29) is 0 Å². The van der Waals surface area contributed by atoms with Crippen molar-refractivity contribution in [3.8, 4) is 0 Å². The van der Waals surface area contributed by atoms with Crippen LogP contribution >= 0.6 is 11.6 Å². The van der Waals surface area contributed by atoms with Gasteiger partial charge in [0.25, 0.3) is 0 Å². The van der Waals surface area contributed by atoms with Crippen molar-refractivity contribution in [3.63, 3.8) is 0 Å². The summed E-state index contributed by atoms with van der Waals surface area (Å²) in [4.78, 5) is 10.8. The fraction of sp³-hybridized carbons (Fsp3) is 0.667. The summed E-state index contributed by atoms with van der Waals surface area (Å²) in [6.07, 6.45) is 1.61. The van der Waals surface area contributed by atoms with Crippen LogP contribution in [0.3, 0.4) is 0 Å². The van der Waals surface area contributed by atoms with Crippen LogP contribution in [0, 0.1) is 0 Å². The molecule has 106 valence electrons. The summed E-state index contributed by atoms with van der Waals surface area (Å²) in [6, 6.07) is 0. The number of anilines is 2. The second-order valence-corrected chi connectivity index (χ2v) is 4.71. The first kappa shape index (κ1) is 14.3. The molecule has 1 aromatic heterocycles. The van der Waals surface area contributed by atoms with Gasteiger partial charge in [0.2, 0.25) is 5.95 Å². The highest BCUT2D eigenvalue weighted by Crippen LogP contribution is 2.18. The van der Waals surface area contributed by atoms with Gasteiger partial charge >= 0.3 is 0 Å². The number of rotatable bonds is 6. The Labute approximate surface area is 118 Å². The van der Waals surface area contributed by atoms with Gasteiger partial charge in [-0.05, 0) is 6.92 Å². The lowest BCUT2D eigenvalue weighted by atomic mass is 10.4. The molecule has 1 aromatic rings. The Kier molecular flexibility index (Phi) is 5.62. The van der Waals surface area contributed by atoms with Gasteiger partial charge in [-0.25, -0.2) is 4.98 Å². The Balaban J connectivity index is 1.82. The lowest BCUT2D eigenvalue weighted by Gasteiger charge is -2.26. The fourth-order valence-corrected chi connectivity index (χ4v) is 2.05. The lowest BCUT2D eigenvalue weighted by molar-refractivity contribution is 0.0398. The van der Waals surface area contributed by atoms with Crippen LogP contribution in [0.25, 0.3) is 0 Å². The second-order valence-electron chi connectivity index (χ2n) is 4.30. The second kappa shape index (κ2) is 7.47. The van der Waals surface area contributed by atoms with Gasteiger partial charge in [0.05, 0.1) is 19.4 Å². The number of nitrogens with one attached hydrogen (secondary N) is 2. The molecule has 0 bridgehead atoms. The monoisotopic (exact) mass is 285 g/mol. The molecule has 0 aliphatic carbocycles. The number of aromatic nitrogens is 2. The molecule has 2 rings (SSSR count). The molecular weight excluding hydrogens is 266 g/mol. The normalized spacial score (nSPS) is 16.3. The average molecular weight is 286 g/mol. The SMILES string of the molecule is CCNc1ncc(Cl)c(NCCN2CCOCC2)n1. The molecule has 0 amide bonds. The van der Waals surface area contributed by atoms with Crippen LogP contribution in [-0.2, 0) is 4.74 Å². The number of morpholine rings is 1. The molecule has 1 saturated heterocycles. The van der Waals surface area contributed by atoms with Crippen molar-refractivity contribution in [3.05, 3.63) is 11.2 Å². The van der Waals surface area contributed by atoms with Crippen molar-refractivity contribution in [2.75, 3.05) is 56.6 Å². The fourth-order valence-electron chi connectivity index (χ4n) is 1.89. The molecule has 0 atom stereocenters. The largest absolute Gasteiger partial charge is 0.379 e. The molecule has 1 aliphatic heterocycles. The molecule has 1 aliphatic rings. The molecule has 7 heteroatoms. The summed E-state index contributed by atoms with van der Waals surface area (Å²) in [5.41, 5.74) is 0. The third-order valence-electron chi connectivity index (χ3n) is 2.90. The average Bonchev–Trinajstić information content (AvgIpc) is 2.44. The van der Waals surface area contributed by atoms with Crippen LogP contribution in [0.2, 0.25) is 5.02 Å². The predicted molar refractivity (Wildman–Crippen MR) is 77.0 cm³/mol. The quantitative estimate of drug-likeness (QED) is 0.822. The zero-order valence-corrected chi connectivity index (χ0v) is 11.9. The maximum absolute atomic E-state index is 6.07. The van der Waals surface area contributed by atoms with Gasteiger partial charge in [0.1, 0.15) is 5.02 Å². The van der Waals surface area contributed by atoms with E-state index in [2.05, 4.69) is 25.5 Å². The highest BCUT2D eigenvalue weighted by atomic mass is 35.5. The third kappa shape index (κ3) is 4.49. The van der Waals surface area contributed by atoms with Crippen LogP contribution < -0.4 is 10.6 Å². The maximum Gasteiger partial charge on any atom is 0.224 e. The van der Waals surface area contributed by atoms with Gasteiger partial charge in [-0.1, -0.05) is 11.6 Å². The Morgan fingerprint density at radius 1 is 1.37 bits per heavy atom. The summed E-state index contributed by atoms with van der Waals surface area (Å²) in [5.74, 6) is 1.28. The molecule has 0 spiro atoms. The topological polar surface area (TPSA) is 62.3 Å². The molecule has 0 aromatic carbocycles. The molecule has 0 saturated carbocycles. The van der Waals surface area contributed by atoms with Crippen molar-refractivity contribution in [1.29, 1.82) is 0 Å². The summed E-state index contributed by atoms with van der Waals surface area (Å²) >= 11 is 6.07. The van der Waals surface area contributed by atoms with E-state index in [0.29, 0.717) is 16.8 Å². The van der Waals surface area contributed by atoms with Crippen LogP contribution in [0.5, 0.6) is 0 Å². The van der Waals surface area contributed by atoms with E-state index < -0.39 is 0 Å². The maximum atomic E-state index is 6.07. The Morgan fingerprint density at radius 3 is 2.89 bits per heavy atom. The first-order valence-electron chi connectivity index (χ1n) is 6.60. The van der Waals surface area contributed by atoms with E-state index in [4.69, 9.17) is 16.3 Å². The van der Waals surface area contributed by atoms with Crippen molar-refractivity contribution in [2.24, 2.45) is 0 Å². The van der Waals surface area contributed by atoms with Gasteiger partial charge in [-0.15, -0.1) is 0 Å². The summed E-state index contributed by atoms with van der Waals surface area (Å²) in [6.45, 7) is 8.17. The van der Waals surface area contributed by atoms with Gasteiger partial charge in [-0.2, -0.15) is 4.98 Å². The van der Waals surface area contributed by atoms with Crippen LogP contribution in [0.1, 0.15) is 6.92 Å². The Hall–Kier alpha value is -1.11. The van der Waals surface area contributed by atoms with Crippen molar-refractivity contribution >= 4 is 23.4 Å². The van der Waals surface area contributed by atoms with Gasteiger partial charge in [0, 0.05) is 32.7 Å². The Morgan fingerprint density at radius 2 is 2.16 bits per heavy atom. The molecule has 2 N–H and O–H groups in total. The van der Waals surface area contributed by atoms with Crippen molar-refractivity contribution < 1.29 is 4.74 Å². The smallest absolute Gasteiger partial charge is 0.224 e. The van der Waals surface area contributed by atoms with E-state index >= 15 is 0 Å². The van der Waals surface area contributed by atoms with Gasteiger partial charge in [0.15, 0.2) is 5.82 Å². The van der Waals surface area contributed by atoms with E-state index in [0.717, 1.165) is 45.9 Å². The summed E-state index contributed by atoms with van der Waals surface area (Å²) in [5, 5.41) is 6.87. The molecule has 0 radical (unpaired) electrons. The highest BCUT2D eigenvalue weighted by Gasteiger charge is 2.10. The van der Waals surface area contributed by atoms with Crippen molar-refractivity contribution in [2.45, 2.75) is 6.92 Å². The molecule has 2 heterocycles. The minimum absolute atomic E-state index is 0.545. The zero-order valence-electron chi connectivity index (χ0n) is 11.2. The molecule has 0 unspecified atom stereocenters. The van der Waals surface area contributed by atoms with E-state index in [1.54, 1.807) is 6.20 Å². The van der Waals surface area contributed by atoms with E-state index in [1.807, 2.05) is 6.92 Å². The third-order valence-corrected chi connectivity index (χ3v) is 3.18. The molecule has 1 fully saturated rings. The molecule has 19 heavy (non-hydrogen) atoms. The minimum atomic E-state index is 0.545. The number of hydrogen-bond acceptors (Lipinski definition) is 6. The highest BCUT2D eigenvalue weighted by molar-refractivity contribution is 6.32. The van der Waals surface area contributed by atoms with Gasteiger partial charge < -0.3 is 15.4 Å². The standard InChI is InChI=1S/C12H20ClN5O/c1-2-14-12-16-9-10(13)11(17-12)15-3-4-18-5-7-19-8-6-18/h9H,2-8H2,1H3,(H2,14,15,16,17). The van der Waals surface area contributed by atoms with Gasteiger partial charge in [-0.3, -0.25) is 4.90 Å². The molecule has 6 nitrogen and oxygen atoms in total. The summed E-state index contributed by atoms with van der Waals surface area (Å²) in [7, 11) is 0. The number of ether oxygens (including phenoxy) is 1. The Bertz CT molecular complexity index is 398. The van der Waals surface area contributed by atoms with Crippen LogP contribution in [0.15, 0.2) is 6.20 Å². The van der Waals surface area contributed by atoms with E-state index in [1.165, 1.54) is 0 Å². The van der Waals surface area contributed by atoms with Crippen molar-refractivity contribution in [1.82, 2.24) is 14.9 Å². The zero-order chi connectivity index (χ0) is 13.5. The van der Waals surface area contributed by atoms with Crippen LogP contribution in [-0.4, -0.2) is 60.8 Å². The number of halogens is 1. The number of nitrogens with zero attached hydrogens (tertiary/aromatic N) is 3. The predicted octanol–water partition coefficient (Wildman–Crippen LogP) is 1.31.